The number of sulfonamides is 1. The Bertz CT molecular complexity index is 820. The largest absolute Gasteiger partial charge is 0.349 e. The summed E-state index contributed by atoms with van der Waals surface area (Å²) >= 11 is 1.51. The Morgan fingerprint density at radius 2 is 2.33 bits per heavy atom. The zero-order valence-corrected chi connectivity index (χ0v) is 14.8. The summed E-state index contributed by atoms with van der Waals surface area (Å²) in [7, 11) is -3.72. The summed E-state index contributed by atoms with van der Waals surface area (Å²) in [4.78, 5) is 20.7. The fraction of sp³-hybridized carbons (Fsp3) is 0.400. The number of amides is 1. The Labute approximate surface area is 144 Å². The first-order chi connectivity index (χ1) is 11.5. The van der Waals surface area contributed by atoms with Crippen LogP contribution in [0, 0.1) is 6.92 Å². The molecule has 0 bridgehead atoms. The van der Waals surface area contributed by atoms with Gasteiger partial charge in [0.1, 0.15) is 10.9 Å². The molecule has 0 saturated carbocycles. The highest BCUT2D eigenvalue weighted by atomic mass is 32.2. The van der Waals surface area contributed by atoms with Crippen LogP contribution in [0.15, 0.2) is 34.8 Å². The standard InChI is InChI=1S/C15H18N4O3S2/c1-11-18-12(10-23-11)8-17-15(20)14-5-3-7-19(14)24(21,22)13-4-2-6-16-9-13/h2,4,6,9-10,14H,3,5,7-8H2,1H3,(H,17,20). The molecule has 24 heavy (non-hydrogen) atoms. The summed E-state index contributed by atoms with van der Waals surface area (Å²) < 4.78 is 26.7. The number of nitrogens with zero attached hydrogens (tertiary/aromatic N) is 3. The van der Waals surface area contributed by atoms with E-state index in [9.17, 15) is 13.2 Å². The van der Waals surface area contributed by atoms with Crippen molar-refractivity contribution < 1.29 is 13.2 Å². The summed E-state index contributed by atoms with van der Waals surface area (Å²) in [6, 6.07) is 2.38. The maximum Gasteiger partial charge on any atom is 0.245 e. The van der Waals surface area contributed by atoms with E-state index in [4.69, 9.17) is 0 Å². The van der Waals surface area contributed by atoms with Crippen molar-refractivity contribution in [2.24, 2.45) is 0 Å². The second-order valence-electron chi connectivity index (χ2n) is 5.54. The first kappa shape index (κ1) is 17.0. The molecular weight excluding hydrogens is 348 g/mol. The SMILES string of the molecule is Cc1nc(CNC(=O)C2CCCN2S(=O)(=O)c2cccnc2)cs1. The first-order valence-corrected chi connectivity index (χ1v) is 9.91. The van der Waals surface area contributed by atoms with Gasteiger partial charge in [-0.15, -0.1) is 11.3 Å². The quantitative estimate of drug-likeness (QED) is 0.861. The molecular formula is C15H18N4O3S2. The van der Waals surface area contributed by atoms with Gasteiger partial charge < -0.3 is 5.32 Å². The van der Waals surface area contributed by atoms with E-state index in [0.29, 0.717) is 25.9 Å². The van der Waals surface area contributed by atoms with Crippen molar-refractivity contribution >= 4 is 27.3 Å². The molecule has 1 unspecified atom stereocenters. The lowest BCUT2D eigenvalue weighted by molar-refractivity contribution is -0.124. The molecule has 0 aromatic carbocycles. The summed E-state index contributed by atoms with van der Waals surface area (Å²) in [6.07, 6.45) is 4.00. The number of rotatable bonds is 5. The van der Waals surface area contributed by atoms with E-state index in [2.05, 4.69) is 15.3 Å². The van der Waals surface area contributed by atoms with Crippen molar-refractivity contribution in [2.45, 2.75) is 37.2 Å². The van der Waals surface area contributed by atoms with Gasteiger partial charge in [-0.2, -0.15) is 4.31 Å². The van der Waals surface area contributed by atoms with Crippen LogP contribution in [-0.4, -0.2) is 41.2 Å². The monoisotopic (exact) mass is 366 g/mol. The summed E-state index contributed by atoms with van der Waals surface area (Å²) in [5.74, 6) is -0.286. The number of aryl methyl sites for hydroxylation is 1. The third-order valence-electron chi connectivity index (χ3n) is 3.86. The average molecular weight is 366 g/mol. The van der Waals surface area contributed by atoms with E-state index in [1.165, 1.54) is 34.1 Å². The van der Waals surface area contributed by atoms with Crippen LogP contribution < -0.4 is 5.32 Å². The Morgan fingerprint density at radius 3 is 3.00 bits per heavy atom. The lowest BCUT2D eigenvalue weighted by Gasteiger charge is -2.23. The van der Waals surface area contributed by atoms with Gasteiger partial charge in [-0.1, -0.05) is 0 Å². The van der Waals surface area contributed by atoms with Gasteiger partial charge in [-0.05, 0) is 31.9 Å². The van der Waals surface area contributed by atoms with E-state index in [-0.39, 0.29) is 10.8 Å². The molecule has 0 aliphatic carbocycles. The summed E-state index contributed by atoms with van der Waals surface area (Å²) in [5.41, 5.74) is 0.783. The van der Waals surface area contributed by atoms with Crippen molar-refractivity contribution in [3.63, 3.8) is 0 Å². The van der Waals surface area contributed by atoms with Gasteiger partial charge in [0.2, 0.25) is 15.9 Å². The molecule has 2 aromatic heterocycles. The van der Waals surface area contributed by atoms with Gasteiger partial charge >= 0.3 is 0 Å². The van der Waals surface area contributed by atoms with E-state index in [0.717, 1.165) is 10.7 Å². The zero-order chi connectivity index (χ0) is 17.2. The smallest absolute Gasteiger partial charge is 0.245 e. The third-order valence-corrected chi connectivity index (χ3v) is 6.57. The van der Waals surface area contributed by atoms with Crippen molar-refractivity contribution in [2.75, 3.05) is 6.54 Å². The van der Waals surface area contributed by atoms with Crippen molar-refractivity contribution in [3.8, 4) is 0 Å². The molecule has 3 heterocycles. The highest BCUT2D eigenvalue weighted by Crippen LogP contribution is 2.25. The van der Waals surface area contributed by atoms with Gasteiger partial charge in [-0.3, -0.25) is 9.78 Å². The van der Waals surface area contributed by atoms with E-state index in [1.54, 1.807) is 6.07 Å². The molecule has 1 N–H and O–H groups in total. The number of aromatic nitrogens is 2. The Hall–Kier alpha value is -1.84. The third kappa shape index (κ3) is 3.47. The van der Waals surface area contributed by atoms with Crippen LogP contribution in [0.5, 0.6) is 0 Å². The van der Waals surface area contributed by atoms with Crippen molar-refractivity contribution in [1.29, 1.82) is 0 Å². The second-order valence-corrected chi connectivity index (χ2v) is 8.49. The zero-order valence-electron chi connectivity index (χ0n) is 13.2. The summed E-state index contributed by atoms with van der Waals surface area (Å²) in [5, 5.41) is 5.61. The number of pyridine rings is 1. The molecule has 0 radical (unpaired) electrons. The van der Waals surface area contributed by atoms with Crippen LogP contribution in [-0.2, 0) is 21.4 Å². The molecule has 1 saturated heterocycles. The molecule has 0 spiro atoms. The first-order valence-electron chi connectivity index (χ1n) is 7.59. The maximum absolute atomic E-state index is 12.7. The van der Waals surface area contributed by atoms with Gasteiger partial charge in [-0.25, -0.2) is 13.4 Å². The van der Waals surface area contributed by atoms with Crippen LogP contribution in [0.1, 0.15) is 23.5 Å². The Balaban J connectivity index is 1.72. The molecule has 1 aliphatic rings. The minimum absolute atomic E-state index is 0.111. The molecule has 1 fully saturated rings. The van der Waals surface area contributed by atoms with E-state index in [1.807, 2.05) is 12.3 Å². The number of hydrogen-bond acceptors (Lipinski definition) is 6. The Kier molecular flexibility index (Phi) is 4.93. The number of nitrogens with one attached hydrogen (secondary N) is 1. The topological polar surface area (TPSA) is 92.3 Å². The maximum atomic E-state index is 12.7. The Morgan fingerprint density at radius 1 is 1.50 bits per heavy atom. The molecule has 2 aromatic rings. The highest BCUT2D eigenvalue weighted by molar-refractivity contribution is 7.89. The molecule has 1 atom stereocenters. The van der Waals surface area contributed by atoms with E-state index < -0.39 is 16.1 Å². The number of carbonyl (C=O) groups is 1. The van der Waals surface area contributed by atoms with E-state index >= 15 is 0 Å². The van der Waals surface area contributed by atoms with Crippen LogP contribution in [0.2, 0.25) is 0 Å². The summed E-state index contributed by atoms with van der Waals surface area (Å²) in [6.45, 7) is 2.54. The molecule has 1 aliphatic heterocycles. The molecule has 7 nitrogen and oxygen atoms in total. The van der Waals surface area contributed by atoms with Crippen LogP contribution >= 0.6 is 11.3 Å². The number of hydrogen-bond donors (Lipinski definition) is 1. The van der Waals surface area contributed by atoms with Gasteiger partial charge in [0.25, 0.3) is 0 Å². The van der Waals surface area contributed by atoms with Crippen LogP contribution in [0.3, 0.4) is 0 Å². The van der Waals surface area contributed by atoms with Gasteiger partial charge in [0.15, 0.2) is 0 Å². The molecule has 9 heteroatoms. The fourth-order valence-corrected chi connectivity index (χ4v) is 4.94. The lowest BCUT2D eigenvalue weighted by atomic mass is 10.2. The van der Waals surface area contributed by atoms with Gasteiger partial charge in [0.05, 0.1) is 17.2 Å². The number of carbonyl (C=O) groups excluding carboxylic acids is 1. The predicted octanol–water partition coefficient (Wildman–Crippen LogP) is 1.32. The molecule has 1 amide bonds. The predicted molar refractivity (Wildman–Crippen MR) is 89.8 cm³/mol. The average Bonchev–Trinajstić information content (AvgIpc) is 3.23. The van der Waals surface area contributed by atoms with Crippen molar-refractivity contribution in [1.82, 2.24) is 19.6 Å². The second kappa shape index (κ2) is 6.96. The van der Waals surface area contributed by atoms with Gasteiger partial charge in [0, 0.05) is 24.3 Å². The van der Waals surface area contributed by atoms with Crippen molar-refractivity contribution in [3.05, 3.63) is 40.6 Å². The fourth-order valence-electron chi connectivity index (χ4n) is 2.71. The normalized spacial score (nSPS) is 18.6. The van der Waals surface area contributed by atoms with Crippen LogP contribution in [0.4, 0.5) is 0 Å². The number of thiazole rings is 1. The minimum Gasteiger partial charge on any atom is -0.349 e. The highest BCUT2D eigenvalue weighted by Gasteiger charge is 2.39. The minimum atomic E-state index is -3.72. The van der Waals surface area contributed by atoms with Crippen LogP contribution in [0.25, 0.3) is 0 Å². The molecule has 128 valence electrons. The lowest BCUT2D eigenvalue weighted by Crippen LogP contribution is -2.45. The molecule has 3 rings (SSSR count).